The molecule has 21 heavy (non-hydrogen) atoms. The van der Waals surface area contributed by atoms with Crippen LogP contribution in [0.5, 0.6) is 0 Å². The molecule has 1 aliphatic rings. The average molecular weight is 310 g/mol. The van der Waals surface area contributed by atoms with E-state index in [9.17, 15) is 9.59 Å². The van der Waals surface area contributed by atoms with Crippen molar-refractivity contribution in [3.63, 3.8) is 0 Å². The van der Waals surface area contributed by atoms with Crippen molar-refractivity contribution in [1.82, 2.24) is 10.3 Å². The molecule has 0 unspecified atom stereocenters. The first-order valence-electron chi connectivity index (χ1n) is 7.47. The lowest BCUT2D eigenvalue weighted by Crippen LogP contribution is -2.35. The Morgan fingerprint density at radius 2 is 2.05 bits per heavy atom. The lowest BCUT2D eigenvalue weighted by molar-refractivity contribution is -0.141. The van der Waals surface area contributed by atoms with Gasteiger partial charge in [-0.25, -0.2) is 4.98 Å². The van der Waals surface area contributed by atoms with Crippen molar-refractivity contribution in [2.45, 2.75) is 51.4 Å². The summed E-state index contributed by atoms with van der Waals surface area (Å²) in [4.78, 5) is 27.4. The summed E-state index contributed by atoms with van der Waals surface area (Å²) in [7, 11) is 0. The molecule has 2 N–H and O–H groups in total. The van der Waals surface area contributed by atoms with Crippen LogP contribution in [-0.4, -0.2) is 28.5 Å². The van der Waals surface area contributed by atoms with Crippen LogP contribution in [0.15, 0.2) is 11.6 Å². The van der Waals surface area contributed by atoms with Gasteiger partial charge in [0.15, 0.2) is 0 Å². The first kappa shape index (κ1) is 15.9. The van der Waals surface area contributed by atoms with Crippen molar-refractivity contribution in [3.05, 3.63) is 16.6 Å². The number of amides is 1. The van der Waals surface area contributed by atoms with Crippen LogP contribution in [0.1, 0.15) is 50.0 Å². The van der Waals surface area contributed by atoms with Gasteiger partial charge >= 0.3 is 5.97 Å². The number of nitrogens with zero attached hydrogens (tertiary/aromatic N) is 1. The number of carboxylic acids is 1. The number of carboxylic acid groups (broad SMARTS) is 1. The summed E-state index contributed by atoms with van der Waals surface area (Å²) in [6, 6.07) is 0. The molecule has 116 valence electrons. The number of aliphatic carboxylic acids is 1. The van der Waals surface area contributed by atoms with Crippen molar-refractivity contribution in [2.24, 2.45) is 5.41 Å². The van der Waals surface area contributed by atoms with E-state index < -0.39 is 5.97 Å². The highest BCUT2D eigenvalue weighted by atomic mass is 32.1. The molecule has 2 rings (SSSR count). The Bertz CT molecular complexity index is 467. The zero-order chi connectivity index (χ0) is 15.1. The molecule has 5 nitrogen and oxygen atoms in total. The van der Waals surface area contributed by atoms with Crippen LogP contribution in [0.3, 0.4) is 0 Å². The predicted molar refractivity (Wildman–Crippen MR) is 81.2 cm³/mol. The number of rotatable bonds is 7. The maximum Gasteiger partial charge on any atom is 0.303 e. The Labute approximate surface area is 128 Å². The fourth-order valence-electron chi connectivity index (χ4n) is 3.13. The number of carbonyl (C=O) groups excluding carboxylic acids is 1. The summed E-state index contributed by atoms with van der Waals surface area (Å²) in [5, 5.41) is 14.9. The SMILES string of the molecule is O=C(O)CC1(CC(=O)NCCc2nccs2)CCCCC1. The average Bonchev–Trinajstić information content (AvgIpc) is 2.91. The largest absolute Gasteiger partial charge is 0.481 e. The van der Waals surface area contributed by atoms with Gasteiger partial charge in [0.25, 0.3) is 0 Å². The standard InChI is InChI=1S/C15H22N2O3S/c18-12(16-7-4-13-17-8-9-21-13)10-15(11-14(19)20)5-2-1-3-6-15/h8-9H,1-7,10-11H2,(H,16,18)(H,19,20). The quantitative estimate of drug-likeness (QED) is 0.811. The third-order valence-electron chi connectivity index (χ3n) is 4.12. The molecule has 0 spiro atoms. The molecule has 1 heterocycles. The van der Waals surface area contributed by atoms with Crippen LogP contribution in [0.4, 0.5) is 0 Å². The fourth-order valence-corrected chi connectivity index (χ4v) is 3.75. The minimum atomic E-state index is -0.799. The van der Waals surface area contributed by atoms with Crippen molar-refractivity contribution >= 4 is 23.2 Å². The van der Waals surface area contributed by atoms with Crippen molar-refractivity contribution in [1.29, 1.82) is 0 Å². The summed E-state index contributed by atoms with van der Waals surface area (Å²) in [6.07, 6.45) is 7.82. The van der Waals surface area contributed by atoms with Crippen molar-refractivity contribution in [3.8, 4) is 0 Å². The van der Waals surface area contributed by atoms with E-state index in [2.05, 4.69) is 10.3 Å². The number of thiazole rings is 1. The van der Waals surface area contributed by atoms with Gasteiger partial charge in [-0.15, -0.1) is 11.3 Å². The van der Waals surface area contributed by atoms with Crippen LogP contribution in [0.2, 0.25) is 0 Å². The van der Waals surface area contributed by atoms with Gasteiger partial charge in [0.05, 0.1) is 11.4 Å². The second-order valence-corrected chi connectivity index (χ2v) is 6.81. The Balaban J connectivity index is 1.81. The first-order chi connectivity index (χ1) is 10.1. The third-order valence-corrected chi connectivity index (χ3v) is 4.96. The highest BCUT2D eigenvalue weighted by molar-refractivity contribution is 7.09. The van der Waals surface area contributed by atoms with Crippen molar-refractivity contribution < 1.29 is 14.7 Å². The number of carbonyl (C=O) groups is 2. The topological polar surface area (TPSA) is 79.3 Å². The molecule has 0 radical (unpaired) electrons. The lowest BCUT2D eigenvalue weighted by atomic mass is 9.69. The minimum Gasteiger partial charge on any atom is -0.481 e. The van der Waals surface area contributed by atoms with Gasteiger partial charge in [0.2, 0.25) is 5.91 Å². The number of aromatic nitrogens is 1. The molecule has 0 aliphatic heterocycles. The first-order valence-corrected chi connectivity index (χ1v) is 8.34. The van der Waals surface area contributed by atoms with E-state index in [1.165, 1.54) is 0 Å². The second kappa shape index (κ2) is 7.54. The lowest BCUT2D eigenvalue weighted by Gasteiger charge is -2.35. The summed E-state index contributed by atoms with van der Waals surface area (Å²) in [6.45, 7) is 0.565. The number of hydrogen-bond acceptors (Lipinski definition) is 4. The second-order valence-electron chi connectivity index (χ2n) is 5.83. The smallest absolute Gasteiger partial charge is 0.303 e. The summed E-state index contributed by atoms with van der Waals surface area (Å²) in [5.41, 5.74) is -0.338. The summed E-state index contributed by atoms with van der Waals surface area (Å²) >= 11 is 1.58. The molecule has 1 amide bonds. The molecule has 1 aromatic heterocycles. The molecule has 0 saturated heterocycles. The maximum atomic E-state index is 12.1. The highest BCUT2D eigenvalue weighted by Gasteiger charge is 2.36. The van der Waals surface area contributed by atoms with E-state index >= 15 is 0 Å². The molecule has 1 fully saturated rings. The van der Waals surface area contributed by atoms with Gasteiger partial charge in [0, 0.05) is 31.0 Å². The van der Waals surface area contributed by atoms with E-state index in [1.54, 1.807) is 17.5 Å². The van der Waals surface area contributed by atoms with Crippen LogP contribution in [0.25, 0.3) is 0 Å². The molecule has 0 aromatic carbocycles. The van der Waals surface area contributed by atoms with E-state index in [0.29, 0.717) is 13.0 Å². The summed E-state index contributed by atoms with van der Waals surface area (Å²) in [5.74, 6) is -0.831. The van der Waals surface area contributed by atoms with Gasteiger partial charge in [-0.05, 0) is 18.3 Å². The Morgan fingerprint density at radius 3 is 2.67 bits per heavy atom. The molecule has 0 atom stereocenters. The van der Waals surface area contributed by atoms with Crippen LogP contribution in [0, 0.1) is 5.41 Å². The van der Waals surface area contributed by atoms with Crippen LogP contribution < -0.4 is 5.32 Å². The molecular formula is C15H22N2O3S. The van der Waals surface area contributed by atoms with Gasteiger partial charge < -0.3 is 10.4 Å². The maximum absolute atomic E-state index is 12.1. The van der Waals surface area contributed by atoms with Crippen molar-refractivity contribution in [2.75, 3.05) is 6.54 Å². The van der Waals surface area contributed by atoms with Crippen LogP contribution >= 0.6 is 11.3 Å². The highest BCUT2D eigenvalue weighted by Crippen LogP contribution is 2.42. The summed E-state index contributed by atoms with van der Waals surface area (Å²) < 4.78 is 0. The molecule has 1 saturated carbocycles. The van der Waals surface area contributed by atoms with E-state index in [1.807, 2.05) is 5.38 Å². The van der Waals surface area contributed by atoms with Gasteiger partial charge in [0.1, 0.15) is 0 Å². The molecule has 6 heteroatoms. The zero-order valence-electron chi connectivity index (χ0n) is 12.1. The van der Waals surface area contributed by atoms with E-state index in [4.69, 9.17) is 5.11 Å². The molecule has 0 bridgehead atoms. The monoisotopic (exact) mass is 310 g/mol. The predicted octanol–water partition coefficient (Wildman–Crippen LogP) is 2.62. The minimum absolute atomic E-state index is 0.0327. The Morgan fingerprint density at radius 1 is 1.29 bits per heavy atom. The molecule has 1 aromatic rings. The van der Waals surface area contributed by atoms with Crippen LogP contribution in [-0.2, 0) is 16.0 Å². The number of nitrogens with one attached hydrogen (secondary N) is 1. The number of hydrogen-bond donors (Lipinski definition) is 2. The normalized spacial score (nSPS) is 17.3. The van der Waals surface area contributed by atoms with E-state index in [-0.39, 0.29) is 17.7 Å². The van der Waals surface area contributed by atoms with Gasteiger partial charge in [-0.1, -0.05) is 19.3 Å². The van der Waals surface area contributed by atoms with Gasteiger partial charge in [-0.3, -0.25) is 9.59 Å². The Hall–Kier alpha value is -1.43. The fraction of sp³-hybridized carbons (Fsp3) is 0.667. The van der Waals surface area contributed by atoms with E-state index in [0.717, 1.165) is 43.5 Å². The Kier molecular flexibility index (Phi) is 5.73. The molecular weight excluding hydrogens is 288 g/mol. The molecule has 1 aliphatic carbocycles. The third kappa shape index (κ3) is 5.12. The zero-order valence-corrected chi connectivity index (χ0v) is 13.0. The van der Waals surface area contributed by atoms with Gasteiger partial charge in [-0.2, -0.15) is 0 Å².